The maximum absolute atomic E-state index is 14.2. The van der Waals surface area contributed by atoms with Crippen LogP contribution >= 0.6 is 0 Å². The molecule has 0 aliphatic heterocycles. The van der Waals surface area contributed by atoms with Gasteiger partial charge in [-0.15, -0.1) is 5.10 Å². The predicted molar refractivity (Wildman–Crippen MR) is 98.1 cm³/mol. The van der Waals surface area contributed by atoms with Crippen LogP contribution in [0.2, 0.25) is 0 Å². The van der Waals surface area contributed by atoms with Crippen molar-refractivity contribution in [3.63, 3.8) is 0 Å². The van der Waals surface area contributed by atoms with Gasteiger partial charge in [-0.1, -0.05) is 24.3 Å². The third kappa shape index (κ3) is 3.08. The van der Waals surface area contributed by atoms with Crippen molar-refractivity contribution in [3.8, 4) is 28.2 Å². The summed E-state index contributed by atoms with van der Waals surface area (Å²) in [6, 6.07) is 12.7. The van der Waals surface area contributed by atoms with Gasteiger partial charge in [-0.3, -0.25) is 0 Å². The molecule has 140 valence electrons. The van der Waals surface area contributed by atoms with Gasteiger partial charge < -0.3 is 10.8 Å². The lowest BCUT2D eigenvalue weighted by molar-refractivity contribution is 0.282. The van der Waals surface area contributed by atoms with Crippen molar-refractivity contribution < 1.29 is 13.9 Å². The number of nitrogens with zero attached hydrogens (tertiary/aromatic N) is 5. The highest BCUT2D eigenvalue weighted by Crippen LogP contribution is 2.30. The van der Waals surface area contributed by atoms with Gasteiger partial charge in [-0.25, -0.2) is 13.8 Å². The summed E-state index contributed by atoms with van der Waals surface area (Å²) in [4.78, 5) is 4.18. The number of aliphatic hydroxyl groups is 1. The van der Waals surface area contributed by atoms with Crippen molar-refractivity contribution in [2.45, 2.75) is 6.61 Å². The van der Waals surface area contributed by atoms with Crippen LogP contribution in [0, 0.1) is 11.6 Å². The number of anilines is 1. The number of pyridine rings is 1. The molecule has 0 unspecified atom stereocenters. The van der Waals surface area contributed by atoms with E-state index in [1.165, 1.54) is 12.1 Å². The number of hydrogen-bond acceptors (Lipinski definition) is 6. The van der Waals surface area contributed by atoms with Crippen LogP contribution in [0.4, 0.5) is 14.6 Å². The van der Waals surface area contributed by atoms with Gasteiger partial charge in [0.15, 0.2) is 17.5 Å². The Morgan fingerprint density at radius 2 is 1.86 bits per heavy atom. The van der Waals surface area contributed by atoms with Crippen LogP contribution in [0.5, 0.6) is 0 Å². The van der Waals surface area contributed by atoms with Crippen LogP contribution in [-0.4, -0.2) is 30.3 Å². The molecular weight excluding hydrogens is 366 g/mol. The second-order valence-corrected chi connectivity index (χ2v) is 6.00. The minimum Gasteiger partial charge on any atom is -0.392 e. The average Bonchev–Trinajstić information content (AvgIpc) is 3.20. The molecule has 0 saturated carbocycles. The van der Waals surface area contributed by atoms with Crippen molar-refractivity contribution in [3.05, 3.63) is 71.9 Å². The Kier molecular flexibility index (Phi) is 4.50. The number of nitrogens with two attached hydrogens (primary N) is 1. The normalized spacial score (nSPS) is 11.0. The fraction of sp³-hybridized carbons (Fsp3) is 0.0526. The van der Waals surface area contributed by atoms with E-state index in [0.29, 0.717) is 11.1 Å². The number of nitrogen functional groups attached to an aromatic ring is 1. The number of aromatic nitrogens is 5. The summed E-state index contributed by atoms with van der Waals surface area (Å²) in [5.74, 6) is -1.83. The van der Waals surface area contributed by atoms with Gasteiger partial charge in [0.1, 0.15) is 11.5 Å². The maximum atomic E-state index is 14.2. The van der Waals surface area contributed by atoms with Crippen molar-refractivity contribution >= 4 is 5.82 Å². The van der Waals surface area contributed by atoms with Gasteiger partial charge in [0, 0.05) is 11.8 Å². The Balaban J connectivity index is 1.85. The van der Waals surface area contributed by atoms with Crippen molar-refractivity contribution in [1.29, 1.82) is 0 Å². The van der Waals surface area contributed by atoms with Crippen LogP contribution in [0.25, 0.3) is 28.2 Å². The second-order valence-electron chi connectivity index (χ2n) is 6.00. The Bertz CT molecular complexity index is 1160. The molecule has 0 aliphatic carbocycles. The summed E-state index contributed by atoms with van der Waals surface area (Å²) in [6.07, 6.45) is 1.58. The summed E-state index contributed by atoms with van der Waals surface area (Å²) >= 11 is 0. The number of halogens is 2. The molecule has 4 aromatic rings. The summed E-state index contributed by atoms with van der Waals surface area (Å²) in [7, 11) is 0. The zero-order chi connectivity index (χ0) is 19.7. The molecule has 4 rings (SSSR count). The highest BCUT2D eigenvalue weighted by Gasteiger charge is 2.19. The van der Waals surface area contributed by atoms with E-state index in [9.17, 15) is 13.9 Å². The SMILES string of the molecule is Nc1ncc(-c2cccc(CO)c2)cc1-c1nnnn1-c1cccc(F)c1F. The number of tetrazole rings is 1. The summed E-state index contributed by atoms with van der Waals surface area (Å²) in [5.41, 5.74) is 8.46. The number of rotatable bonds is 4. The highest BCUT2D eigenvalue weighted by atomic mass is 19.2. The van der Waals surface area contributed by atoms with E-state index < -0.39 is 11.6 Å². The third-order valence-corrected chi connectivity index (χ3v) is 4.23. The number of benzene rings is 2. The Labute approximate surface area is 158 Å². The topological polar surface area (TPSA) is 103 Å². The van der Waals surface area contributed by atoms with Gasteiger partial charge in [-0.05, 0) is 45.8 Å². The molecule has 2 aromatic heterocycles. The van der Waals surface area contributed by atoms with E-state index in [0.717, 1.165) is 21.9 Å². The zero-order valence-corrected chi connectivity index (χ0v) is 14.4. The van der Waals surface area contributed by atoms with Crippen LogP contribution in [0.3, 0.4) is 0 Å². The van der Waals surface area contributed by atoms with E-state index in [1.807, 2.05) is 18.2 Å². The summed E-state index contributed by atoms with van der Waals surface area (Å²) in [5, 5.41) is 20.6. The third-order valence-electron chi connectivity index (χ3n) is 4.23. The molecule has 9 heteroatoms. The largest absolute Gasteiger partial charge is 0.392 e. The van der Waals surface area contributed by atoms with E-state index in [-0.39, 0.29) is 23.9 Å². The minimum absolute atomic E-state index is 0.0970. The van der Waals surface area contributed by atoms with E-state index in [2.05, 4.69) is 20.5 Å². The van der Waals surface area contributed by atoms with Crippen molar-refractivity contribution in [2.24, 2.45) is 0 Å². The fourth-order valence-electron chi connectivity index (χ4n) is 2.83. The molecule has 0 fully saturated rings. The molecule has 2 heterocycles. The van der Waals surface area contributed by atoms with E-state index in [4.69, 9.17) is 5.73 Å². The molecule has 0 aliphatic rings. The molecule has 3 N–H and O–H groups in total. The lowest BCUT2D eigenvalue weighted by Crippen LogP contribution is -2.06. The molecule has 0 bridgehead atoms. The first-order valence-electron chi connectivity index (χ1n) is 8.27. The predicted octanol–water partition coefficient (Wildman–Crippen LogP) is 2.74. The molecule has 0 saturated heterocycles. The quantitative estimate of drug-likeness (QED) is 0.564. The molecule has 28 heavy (non-hydrogen) atoms. The minimum atomic E-state index is -1.07. The van der Waals surface area contributed by atoms with Crippen LogP contribution in [0.1, 0.15) is 5.56 Å². The lowest BCUT2D eigenvalue weighted by Gasteiger charge is -2.10. The van der Waals surface area contributed by atoms with Gasteiger partial charge in [0.25, 0.3) is 0 Å². The van der Waals surface area contributed by atoms with Crippen LogP contribution < -0.4 is 5.73 Å². The molecular formula is C19H14F2N6O. The van der Waals surface area contributed by atoms with Crippen LogP contribution in [0.15, 0.2) is 54.7 Å². The number of aliphatic hydroxyl groups excluding tert-OH is 1. The van der Waals surface area contributed by atoms with Crippen molar-refractivity contribution in [1.82, 2.24) is 25.2 Å². The monoisotopic (exact) mass is 380 g/mol. The highest BCUT2D eigenvalue weighted by molar-refractivity contribution is 5.76. The van der Waals surface area contributed by atoms with Crippen molar-refractivity contribution in [2.75, 3.05) is 5.73 Å². The molecule has 2 aromatic carbocycles. The average molecular weight is 380 g/mol. The Morgan fingerprint density at radius 3 is 2.68 bits per heavy atom. The Hall–Kier alpha value is -3.72. The van der Waals surface area contributed by atoms with Gasteiger partial charge in [-0.2, -0.15) is 4.68 Å². The first-order valence-corrected chi connectivity index (χ1v) is 8.27. The molecule has 0 amide bonds. The lowest BCUT2D eigenvalue weighted by atomic mass is 10.0. The van der Waals surface area contributed by atoms with Gasteiger partial charge >= 0.3 is 0 Å². The summed E-state index contributed by atoms with van der Waals surface area (Å²) in [6.45, 7) is -0.0970. The molecule has 0 radical (unpaired) electrons. The Morgan fingerprint density at radius 1 is 1.04 bits per heavy atom. The molecule has 0 spiro atoms. The van der Waals surface area contributed by atoms with E-state index in [1.54, 1.807) is 18.3 Å². The number of hydrogen-bond donors (Lipinski definition) is 2. The fourth-order valence-corrected chi connectivity index (χ4v) is 2.83. The maximum Gasteiger partial charge on any atom is 0.190 e. The molecule has 7 nitrogen and oxygen atoms in total. The molecule has 0 atom stereocenters. The van der Waals surface area contributed by atoms with Crippen LogP contribution in [-0.2, 0) is 6.61 Å². The smallest absolute Gasteiger partial charge is 0.190 e. The van der Waals surface area contributed by atoms with E-state index >= 15 is 0 Å². The van der Waals surface area contributed by atoms with Gasteiger partial charge in [0.05, 0.1) is 12.2 Å². The zero-order valence-electron chi connectivity index (χ0n) is 14.4. The first kappa shape index (κ1) is 17.7. The first-order chi connectivity index (χ1) is 13.6. The summed E-state index contributed by atoms with van der Waals surface area (Å²) < 4.78 is 28.9. The van der Waals surface area contributed by atoms with Gasteiger partial charge in [0.2, 0.25) is 0 Å². The standard InChI is InChI=1S/C19H14F2N6O/c20-15-5-2-6-16(17(15)21)27-19(24-25-26-27)14-8-13(9-23-18(14)22)12-4-1-3-11(7-12)10-28/h1-9,28H,10H2,(H2,22,23). The second kappa shape index (κ2) is 7.12.